The van der Waals surface area contributed by atoms with Gasteiger partial charge >= 0.3 is 0 Å². The first-order valence-corrected chi connectivity index (χ1v) is 9.97. The molecule has 0 unspecified atom stereocenters. The second kappa shape index (κ2) is 7.22. The van der Waals surface area contributed by atoms with Gasteiger partial charge in [-0.1, -0.05) is 18.2 Å². The highest BCUT2D eigenvalue weighted by Crippen LogP contribution is 2.25. The minimum absolute atomic E-state index is 0.103. The van der Waals surface area contributed by atoms with Crippen molar-refractivity contribution in [2.45, 2.75) is 25.1 Å². The van der Waals surface area contributed by atoms with Crippen molar-refractivity contribution < 1.29 is 9.53 Å². The molecule has 1 fully saturated rings. The van der Waals surface area contributed by atoms with Crippen molar-refractivity contribution in [3.05, 3.63) is 45.7 Å². The molecule has 0 aliphatic carbocycles. The predicted octanol–water partition coefficient (Wildman–Crippen LogP) is 2.04. The maximum atomic E-state index is 12.8. The van der Waals surface area contributed by atoms with Gasteiger partial charge in [0.25, 0.3) is 5.56 Å². The molecule has 0 saturated carbocycles. The SMILES string of the molecule is O=C(CSCc1cc2cccc3c2n(c1=O)CCC3)N1CCOCC1. The summed E-state index contributed by atoms with van der Waals surface area (Å²) in [7, 11) is 0. The smallest absolute Gasteiger partial charge is 0.255 e. The lowest BCUT2D eigenvalue weighted by Crippen LogP contribution is -2.41. The third kappa shape index (κ3) is 3.33. The molecule has 1 aromatic carbocycles. The average molecular weight is 358 g/mol. The summed E-state index contributed by atoms with van der Waals surface area (Å²) in [5.41, 5.74) is 3.26. The monoisotopic (exact) mass is 358 g/mol. The number of nitrogens with zero attached hydrogens (tertiary/aromatic N) is 2. The highest BCUT2D eigenvalue weighted by molar-refractivity contribution is 7.99. The lowest BCUT2D eigenvalue weighted by Gasteiger charge is -2.26. The topological polar surface area (TPSA) is 51.5 Å². The van der Waals surface area contributed by atoms with Gasteiger partial charge in [0.1, 0.15) is 0 Å². The number of amides is 1. The first kappa shape index (κ1) is 16.7. The maximum absolute atomic E-state index is 12.8. The van der Waals surface area contributed by atoms with Crippen molar-refractivity contribution in [2.75, 3.05) is 32.1 Å². The molecule has 4 rings (SSSR count). The number of hydrogen-bond acceptors (Lipinski definition) is 4. The standard InChI is InChI=1S/C19H22N2O3S/c22-17(20-7-9-24-10-8-20)13-25-12-16-11-15-4-1-3-14-5-2-6-21(18(14)15)19(16)23/h1,3-4,11H,2,5-10,12-13H2. The van der Waals surface area contributed by atoms with Crippen LogP contribution in [0, 0.1) is 0 Å². The lowest BCUT2D eigenvalue weighted by atomic mass is 10.0. The van der Waals surface area contributed by atoms with Crippen LogP contribution in [0.25, 0.3) is 10.9 Å². The molecule has 25 heavy (non-hydrogen) atoms. The Morgan fingerprint density at radius 1 is 1.20 bits per heavy atom. The first-order valence-electron chi connectivity index (χ1n) is 8.81. The van der Waals surface area contributed by atoms with Gasteiger partial charge in [-0.05, 0) is 29.9 Å². The van der Waals surface area contributed by atoms with Crippen molar-refractivity contribution in [1.82, 2.24) is 9.47 Å². The molecule has 132 valence electrons. The van der Waals surface area contributed by atoms with E-state index in [1.54, 1.807) is 0 Å². The van der Waals surface area contributed by atoms with Gasteiger partial charge < -0.3 is 14.2 Å². The average Bonchev–Trinajstić information content (AvgIpc) is 2.66. The summed E-state index contributed by atoms with van der Waals surface area (Å²) in [6.07, 6.45) is 2.05. The van der Waals surface area contributed by atoms with E-state index in [4.69, 9.17) is 4.74 Å². The number of aryl methyl sites for hydroxylation is 2. The highest BCUT2D eigenvalue weighted by atomic mass is 32.2. The fourth-order valence-electron chi connectivity index (χ4n) is 3.68. The largest absolute Gasteiger partial charge is 0.378 e. The van der Waals surface area contributed by atoms with E-state index in [0.29, 0.717) is 37.8 Å². The van der Waals surface area contributed by atoms with Crippen LogP contribution in [0.5, 0.6) is 0 Å². The summed E-state index contributed by atoms with van der Waals surface area (Å²) in [5.74, 6) is 1.13. The fraction of sp³-hybridized carbons (Fsp3) is 0.474. The van der Waals surface area contributed by atoms with Gasteiger partial charge in [0, 0.05) is 31.0 Å². The molecule has 5 nitrogen and oxygen atoms in total. The molecule has 2 aromatic rings. The van der Waals surface area contributed by atoms with E-state index in [9.17, 15) is 9.59 Å². The quantitative estimate of drug-likeness (QED) is 0.839. The Kier molecular flexibility index (Phi) is 4.81. The molecule has 0 radical (unpaired) electrons. The number of carbonyl (C=O) groups excluding carboxylic acids is 1. The normalized spacial score (nSPS) is 17.0. The first-order chi connectivity index (χ1) is 12.2. The van der Waals surface area contributed by atoms with Gasteiger partial charge in [-0.3, -0.25) is 9.59 Å². The predicted molar refractivity (Wildman–Crippen MR) is 100 cm³/mol. The number of hydrogen-bond donors (Lipinski definition) is 0. The summed E-state index contributed by atoms with van der Waals surface area (Å²) in [6, 6.07) is 8.27. The van der Waals surface area contributed by atoms with Gasteiger partial charge in [-0.2, -0.15) is 0 Å². The molecule has 1 saturated heterocycles. The van der Waals surface area contributed by atoms with Crippen molar-refractivity contribution in [1.29, 1.82) is 0 Å². The molecule has 2 aliphatic heterocycles. The van der Waals surface area contributed by atoms with Crippen LogP contribution in [-0.4, -0.2) is 47.4 Å². The number of ether oxygens (including phenoxy) is 1. The summed E-state index contributed by atoms with van der Waals surface area (Å²) < 4.78 is 7.20. The molecule has 1 amide bonds. The molecule has 0 spiro atoms. The van der Waals surface area contributed by atoms with Crippen LogP contribution in [0.1, 0.15) is 17.5 Å². The number of benzene rings is 1. The molecule has 2 aliphatic rings. The van der Waals surface area contributed by atoms with E-state index < -0.39 is 0 Å². The summed E-state index contributed by atoms with van der Waals surface area (Å²) in [5, 5.41) is 1.13. The van der Waals surface area contributed by atoms with E-state index in [1.165, 1.54) is 17.3 Å². The van der Waals surface area contributed by atoms with Crippen molar-refractivity contribution in [2.24, 2.45) is 0 Å². The number of para-hydroxylation sites is 1. The van der Waals surface area contributed by atoms with E-state index in [-0.39, 0.29) is 11.5 Å². The molecule has 6 heteroatoms. The van der Waals surface area contributed by atoms with Crippen molar-refractivity contribution in [3.63, 3.8) is 0 Å². The van der Waals surface area contributed by atoms with Gasteiger partial charge in [0.15, 0.2) is 0 Å². The third-order valence-electron chi connectivity index (χ3n) is 4.95. The zero-order valence-electron chi connectivity index (χ0n) is 14.2. The molecule has 0 N–H and O–H groups in total. The van der Waals surface area contributed by atoms with Gasteiger partial charge in [0.2, 0.25) is 5.91 Å². The molecular formula is C19H22N2O3S. The second-order valence-electron chi connectivity index (χ2n) is 6.57. The summed E-state index contributed by atoms with van der Waals surface area (Å²) in [4.78, 5) is 26.9. The van der Waals surface area contributed by atoms with E-state index in [1.807, 2.05) is 15.5 Å². The molecule has 0 bridgehead atoms. The van der Waals surface area contributed by atoms with Crippen LogP contribution >= 0.6 is 11.8 Å². The van der Waals surface area contributed by atoms with Crippen molar-refractivity contribution >= 4 is 28.6 Å². The minimum atomic E-state index is 0.103. The summed E-state index contributed by atoms with van der Waals surface area (Å²) in [6.45, 7) is 3.37. The van der Waals surface area contributed by atoms with E-state index >= 15 is 0 Å². The lowest BCUT2D eigenvalue weighted by molar-refractivity contribution is -0.132. The number of thioether (sulfide) groups is 1. The Balaban J connectivity index is 1.49. The number of carbonyl (C=O) groups is 1. The number of aromatic nitrogens is 1. The zero-order chi connectivity index (χ0) is 17.2. The maximum Gasteiger partial charge on any atom is 0.255 e. The minimum Gasteiger partial charge on any atom is -0.378 e. The van der Waals surface area contributed by atoms with Crippen LogP contribution in [0.2, 0.25) is 0 Å². The Morgan fingerprint density at radius 2 is 2.04 bits per heavy atom. The highest BCUT2D eigenvalue weighted by Gasteiger charge is 2.18. The number of pyridine rings is 1. The Hall–Kier alpha value is -1.79. The van der Waals surface area contributed by atoms with Crippen LogP contribution in [0.3, 0.4) is 0 Å². The van der Waals surface area contributed by atoms with Gasteiger partial charge in [-0.15, -0.1) is 11.8 Å². The Bertz CT molecular complexity index is 856. The van der Waals surface area contributed by atoms with Crippen LogP contribution in [-0.2, 0) is 28.2 Å². The second-order valence-corrected chi connectivity index (χ2v) is 7.56. The number of rotatable bonds is 4. The summed E-state index contributed by atoms with van der Waals surface area (Å²) >= 11 is 1.53. The molecule has 0 atom stereocenters. The Labute approximate surface area is 150 Å². The molecular weight excluding hydrogens is 336 g/mol. The van der Waals surface area contributed by atoms with Crippen molar-refractivity contribution in [3.8, 4) is 0 Å². The fourth-order valence-corrected chi connectivity index (χ4v) is 4.57. The zero-order valence-corrected chi connectivity index (χ0v) is 15.0. The van der Waals surface area contributed by atoms with Crippen LogP contribution in [0.15, 0.2) is 29.1 Å². The van der Waals surface area contributed by atoms with Gasteiger partial charge in [-0.25, -0.2) is 0 Å². The molecule has 3 heterocycles. The van der Waals surface area contributed by atoms with E-state index in [2.05, 4.69) is 18.2 Å². The van der Waals surface area contributed by atoms with Crippen LogP contribution < -0.4 is 5.56 Å². The molecule has 1 aromatic heterocycles. The Morgan fingerprint density at radius 3 is 2.88 bits per heavy atom. The van der Waals surface area contributed by atoms with Gasteiger partial charge in [0.05, 0.1) is 24.5 Å². The third-order valence-corrected chi connectivity index (χ3v) is 5.91. The van der Waals surface area contributed by atoms with E-state index in [0.717, 1.165) is 35.9 Å². The van der Waals surface area contributed by atoms with Crippen LogP contribution in [0.4, 0.5) is 0 Å². The number of morpholine rings is 1.